The quantitative estimate of drug-likeness (QED) is 0.458. The number of aromatic nitrogens is 4. The number of carbonyl (C=O) groups excluding carboxylic acids is 1. The number of amides is 1. The van der Waals surface area contributed by atoms with Gasteiger partial charge in [0.05, 0.1) is 35.5 Å². The van der Waals surface area contributed by atoms with Crippen LogP contribution in [0.4, 0.5) is 5.69 Å². The third-order valence-electron chi connectivity index (χ3n) is 5.60. The van der Waals surface area contributed by atoms with E-state index in [1.54, 1.807) is 30.2 Å². The van der Waals surface area contributed by atoms with Gasteiger partial charge in [0.15, 0.2) is 0 Å². The Morgan fingerprint density at radius 3 is 2.45 bits per heavy atom. The Hall–Kier alpha value is -3.94. The van der Waals surface area contributed by atoms with Gasteiger partial charge in [-0.1, -0.05) is 51.1 Å². The molecule has 0 radical (unpaired) electrons. The van der Waals surface area contributed by atoms with E-state index in [-0.39, 0.29) is 17.7 Å². The first kappa shape index (κ1) is 22.3. The van der Waals surface area contributed by atoms with Crippen LogP contribution in [-0.4, -0.2) is 36.3 Å². The van der Waals surface area contributed by atoms with Crippen molar-refractivity contribution in [3.8, 4) is 0 Å². The molecule has 0 fully saturated rings. The van der Waals surface area contributed by atoms with Gasteiger partial charge in [0.2, 0.25) is 0 Å². The number of rotatable bonds is 6. The number of hydrogen-bond acceptors (Lipinski definition) is 4. The lowest BCUT2D eigenvalue weighted by Gasteiger charge is -2.18. The average Bonchev–Trinajstić information content (AvgIpc) is 3.36. The van der Waals surface area contributed by atoms with Crippen LogP contribution in [0, 0.1) is 0 Å². The largest absolute Gasteiger partial charge is 0.481 e. The summed E-state index contributed by atoms with van der Waals surface area (Å²) in [6, 6.07) is 16.3. The molecule has 1 unspecified atom stereocenters. The Bertz CT molecular complexity index is 1320. The van der Waals surface area contributed by atoms with Gasteiger partial charge >= 0.3 is 5.97 Å². The van der Waals surface area contributed by atoms with Crippen LogP contribution in [-0.2, 0) is 17.3 Å². The maximum atomic E-state index is 13.0. The van der Waals surface area contributed by atoms with Gasteiger partial charge in [-0.15, -0.1) is 0 Å². The Labute approximate surface area is 191 Å². The highest BCUT2D eigenvalue weighted by Crippen LogP contribution is 2.28. The van der Waals surface area contributed by atoms with Crippen molar-refractivity contribution in [2.24, 2.45) is 7.05 Å². The highest BCUT2D eigenvalue weighted by molar-refractivity contribution is 6.04. The lowest BCUT2D eigenvalue weighted by molar-refractivity contribution is -0.137. The minimum Gasteiger partial charge on any atom is -0.481 e. The lowest BCUT2D eigenvalue weighted by atomic mass is 9.92. The van der Waals surface area contributed by atoms with E-state index >= 15 is 0 Å². The first-order chi connectivity index (χ1) is 15.6. The van der Waals surface area contributed by atoms with Crippen LogP contribution in [0.2, 0.25) is 0 Å². The Kier molecular flexibility index (Phi) is 5.76. The van der Waals surface area contributed by atoms with E-state index in [1.165, 1.54) is 0 Å². The number of carboxylic acid groups (broad SMARTS) is 1. The van der Waals surface area contributed by atoms with Crippen LogP contribution in [0.5, 0.6) is 0 Å². The second-order valence-corrected chi connectivity index (χ2v) is 9.12. The second-order valence-electron chi connectivity index (χ2n) is 9.12. The number of aliphatic carboxylic acids is 1. The third kappa shape index (κ3) is 4.64. The SMILES string of the molecule is Cn1nc(C(C)(C)C)cc1C(=O)Nc1ccc2ncn(C(CC(=O)O)c3ccccc3)c2c1. The molecule has 0 saturated heterocycles. The molecule has 0 saturated carbocycles. The minimum absolute atomic E-state index is 0.0866. The number of imidazole rings is 1. The number of aryl methyl sites for hydroxylation is 1. The molecule has 4 rings (SSSR count). The van der Waals surface area contributed by atoms with Crippen molar-refractivity contribution in [2.45, 2.75) is 38.6 Å². The van der Waals surface area contributed by atoms with E-state index in [9.17, 15) is 14.7 Å². The fraction of sp³-hybridized carbons (Fsp3) is 0.280. The van der Waals surface area contributed by atoms with Crippen molar-refractivity contribution >= 4 is 28.6 Å². The first-order valence-corrected chi connectivity index (χ1v) is 10.7. The molecule has 0 aliphatic heterocycles. The lowest BCUT2D eigenvalue weighted by Crippen LogP contribution is -2.16. The number of nitrogens with one attached hydrogen (secondary N) is 1. The van der Waals surface area contributed by atoms with Crippen molar-refractivity contribution < 1.29 is 14.7 Å². The van der Waals surface area contributed by atoms with Crippen molar-refractivity contribution in [1.29, 1.82) is 0 Å². The smallest absolute Gasteiger partial charge is 0.305 e. The van der Waals surface area contributed by atoms with Crippen LogP contribution < -0.4 is 5.32 Å². The summed E-state index contributed by atoms with van der Waals surface area (Å²) in [4.78, 5) is 29.0. The summed E-state index contributed by atoms with van der Waals surface area (Å²) in [5.41, 5.74) is 4.05. The Morgan fingerprint density at radius 1 is 1.09 bits per heavy atom. The predicted molar refractivity (Wildman–Crippen MR) is 126 cm³/mol. The van der Waals surface area contributed by atoms with Gasteiger partial charge in [-0.25, -0.2) is 4.98 Å². The van der Waals surface area contributed by atoms with E-state index in [2.05, 4.69) is 15.4 Å². The molecule has 0 aliphatic carbocycles. The minimum atomic E-state index is -0.902. The van der Waals surface area contributed by atoms with E-state index in [0.717, 1.165) is 22.3 Å². The average molecular weight is 446 g/mol. The number of nitrogens with zero attached hydrogens (tertiary/aromatic N) is 4. The fourth-order valence-corrected chi connectivity index (χ4v) is 3.81. The summed E-state index contributed by atoms with van der Waals surface area (Å²) < 4.78 is 3.42. The molecule has 8 nitrogen and oxygen atoms in total. The van der Waals surface area contributed by atoms with E-state index in [4.69, 9.17) is 0 Å². The number of hydrogen-bond donors (Lipinski definition) is 2. The monoisotopic (exact) mass is 445 g/mol. The fourth-order valence-electron chi connectivity index (χ4n) is 3.81. The van der Waals surface area contributed by atoms with Crippen molar-refractivity contribution in [1.82, 2.24) is 19.3 Å². The van der Waals surface area contributed by atoms with Crippen LogP contribution in [0.25, 0.3) is 11.0 Å². The molecule has 2 N–H and O–H groups in total. The zero-order valence-corrected chi connectivity index (χ0v) is 19.1. The molecule has 4 aromatic rings. The Balaban J connectivity index is 1.67. The highest BCUT2D eigenvalue weighted by atomic mass is 16.4. The third-order valence-corrected chi connectivity index (χ3v) is 5.60. The van der Waals surface area contributed by atoms with Gasteiger partial charge in [-0.3, -0.25) is 14.3 Å². The van der Waals surface area contributed by atoms with Gasteiger partial charge in [-0.05, 0) is 29.8 Å². The van der Waals surface area contributed by atoms with Gasteiger partial charge in [-0.2, -0.15) is 5.10 Å². The molecule has 2 aromatic carbocycles. The van der Waals surface area contributed by atoms with E-state index in [1.807, 2.05) is 67.8 Å². The van der Waals surface area contributed by atoms with Crippen LogP contribution in [0.15, 0.2) is 60.9 Å². The van der Waals surface area contributed by atoms with Crippen molar-refractivity contribution in [3.05, 3.63) is 77.9 Å². The molecule has 0 bridgehead atoms. The van der Waals surface area contributed by atoms with Gasteiger partial charge in [0, 0.05) is 18.2 Å². The normalized spacial score (nSPS) is 12.6. The number of carboxylic acids is 1. The summed E-state index contributed by atoms with van der Waals surface area (Å²) >= 11 is 0. The molecule has 8 heteroatoms. The topological polar surface area (TPSA) is 102 Å². The summed E-state index contributed by atoms with van der Waals surface area (Å²) in [5.74, 6) is -1.17. The summed E-state index contributed by atoms with van der Waals surface area (Å²) in [7, 11) is 1.75. The molecule has 1 atom stereocenters. The summed E-state index contributed by atoms with van der Waals surface area (Å²) in [5, 5.41) is 16.9. The summed E-state index contributed by atoms with van der Waals surface area (Å²) in [6.45, 7) is 6.14. The molecular formula is C25H27N5O3. The van der Waals surface area contributed by atoms with Crippen molar-refractivity contribution in [2.75, 3.05) is 5.32 Å². The molecule has 1 amide bonds. The molecule has 33 heavy (non-hydrogen) atoms. The predicted octanol–water partition coefficient (Wildman–Crippen LogP) is 4.38. The number of fused-ring (bicyclic) bond motifs is 1. The maximum Gasteiger partial charge on any atom is 0.305 e. The Morgan fingerprint density at radius 2 is 1.82 bits per heavy atom. The highest BCUT2D eigenvalue weighted by Gasteiger charge is 2.23. The molecule has 0 spiro atoms. The van der Waals surface area contributed by atoms with E-state index in [0.29, 0.717) is 11.4 Å². The van der Waals surface area contributed by atoms with Crippen molar-refractivity contribution in [3.63, 3.8) is 0 Å². The molecule has 0 aliphatic rings. The van der Waals surface area contributed by atoms with Gasteiger partial charge in [0.1, 0.15) is 5.69 Å². The zero-order chi connectivity index (χ0) is 23.8. The molecule has 2 heterocycles. The molecule has 170 valence electrons. The van der Waals surface area contributed by atoms with E-state index < -0.39 is 12.0 Å². The molecule has 2 aromatic heterocycles. The first-order valence-electron chi connectivity index (χ1n) is 10.7. The number of benzene rings is 2. The number of anilines is 1. The van der Waals surface area contributed by atoms with Crippen LogP contribution >= 0.6 is 0 Å². The zero-order valence-electron chi connectivity index (χ0n) is 19.1. The maximum absolute atomic E-state index is 13.0. The molecular weight excluding hydrogens is 418 g/mol. The van der Waals surface area contributed by atoms with Crippen LogP contribution in [0.3, 0.4) is 0 Å². The second kappa shape index (κ2) is 8.54. The van der Waals surface area contributed by atoms with Gasteiger partial charge < -0.3 is 15.0 Å². The number of carbonyl (C=O) groups is 2. The van der Waals surface area contributed by atoms with Gasteiger partial charge in [0.25, 0.3) is 5.91 Å². The van der Waals surface area contributed by atoms with Crippen LogP contribution in [0.1, 0.15) is 55.0 Å². The standard InChI is InChI=1S/C25H27N5O3/c1-25(2,3)22-13-21(29(4)28-22)24(33)27-17-10-11-18-20(12-17)30(15-26-18)19(14-23(31)32)16-8-6-5-7-9-16/h5-13,15,19H,14H2,1-4H3,(H,27,33)(H,31,32). The summed E-state index contributed by atoms with van der Waals surface area (Å²) in [6.07, 6.45) is 1.56.